The highest BCUT2D eigenvalue weighted by molar-refractivity contribution is 5.66. The van der Waals surface area contributed by atoms with Crippen molar-refractivity contribution < 1.29 is 0 Å². The van der Waals surface area contributed by atoms with Crippen LogP contribution in [0.25, 0.3) is 16.7 Å². The van der Waals surface area contributed by atoms with Crippen molar-refractivity contribution in [2.75, 3.05) is 0 Å². The second kappa shape index (κ2) is 8.39. The van der Waals surface area contributed by atoms with Crippen LogP contribution in [0, 0.1) is 12.8 Å². The van der Waals surface area contributed by atoms with Gasteiger partial charge in [0.2, 0.25) is 0 Å². The van der Waals surface area contributed by atoms with Crippen molar-refractivity contribution >= 4 is 5.57 Å². The molecule has 3 aromatic carbocycles. The Labute approximate surface area is 163 Å². The molecule has 0 amide bonds. The summed E-state index contributed by atoms with van der Waals surface area (Å²) in [7, 11) is 0. The maximum atomic E-state index is 2.48. The lowest BCUT2D eigenvalue weighted by molar-refractivity contribution is 0.450. The molecule has 0 spiro atoms. The fraction of sp³-hybridized carbons (Fsp3) is 0.259. The molecule has 1 unspecified atom stereocenters. The van der Waals surface area contributed by atoms with E-state index in [4.69, 9.17) is 0 Å². The molecule has 0 saturated carbocycles. The largest absolute Gasteiger partial charge is 0.0804 e. The third kappa shape index (κ3) is 4.57. The molecule has 0 bridgehead atoms. The maximum absolute atomic E-state index is 2.48. The highest BCUT2D eigenvalue weighted by Crippen LogP contribution is 2.32. The van der Waals surface area contributed by atoms with Gasteiger partial charge in [-0.05, 0) is 72.8 Å². The zero-order valence-corrected chi connectivity index (χ0v) is 16.2. The summed E-state index contributed by atoms with van der Waals surface area (Å²) in [6, 6.07) is 28.8. The third-order valence-electron chi connectivity index (χ3n) is 5.84. The lowest BCUT2D eigenvalue weighted by atomic mass is 9.83. The number of hydrogen-bond acceptors (Lipinski definition) is 0. The summed E-state index contributed by atoms with van der Waals surface area (Å²) in [5, 5.41) is 0. The molecule has 4 rings (SSSR count). The second-order valence-electron chi connectivity index (χ2n) is 7.84. The molecule has 0 nitrogen and oxygen atoms in total. The SMILES string of the molecule is Cc1ccc(-c2ccc(CCC3CC=C(c4ccccc4)CC3)cc2)cc1. The van der Waals surface area contributed by atoms with E-state index in [-0.39, 0.29) is 0 Å². The van der Waals surface area contributed by atoms with Crippen LogP contribution < -0.4 is 0 Å². The highest BCUT2D eigenvalue weighted by atomic mass is 14.2. The molecule has 0 heteroatoms. The van der Waals surface area contributed by atoms with Crippen LogP contribution in [0.2, 0.25) is 0 Å². The van der Waals surface area contributed by atoms with E-state index in [0.717, 1.165) is 5.92 Å². The Morgan fingerprint density at radius 2 is 1.41 bits per heavy atom. The Kier molecular flexibility index (Phi) is 5.53. The molecule has 136 valence electrons. The first kappa shape index (κ1) is 17.8. The van der Waals surface area contributed by atoms with Gasteiger partial charge in [0.25, 0.3) is 0 Å². The van der Waals surface area contributed by atoms with Gasteiger partial charge in [-0.15, -0.1) is 0 Å². The summed E-state index contributed by atoms with van der Waals surface area (Å²) in [6.07, 6.45) is 8.73. The molecule has 1 aliphatic rings. The average molecular weight is 353 g/mol. The Hall–Kier alpha value is -2.60. The molecule has 27 heavy (non-hydrogen) atoms. The van der Waals surface area contributed by atoms with Crippen molar-refractivity contribution in [2.24, 2.45) is 5.92 Å². The first-order chi connectivity index (χ1) is 13.3. The lowest BCUT2D eigenvalue weighted by Crippen LogP contribution is -2.06. The van der Waals surface area contributed by atoms with Gasteiger partial charge in [0, 0.05) is 0 Å². The molecule has 1 atom stereocenters. The smallest absolute Gasteiger partial charge is 0.0184 e. The zero-order valence-electron chi connectivity index (χ0n) is 16.2. The Morgan fingerprint density at radius 1 is 0.741 bits per heavy atom. The van der Waals surface area contributed by atoms with E-state index in [2.05, 4.69) is 91.9 Å². The highest BCUT2D eigenvalue weighted by Gasteiger charge is 2.15. The lowest BCUT2D eigenvalue weighted by Gasteiger charge is -2.22. The van der Waals surface area contributed by atoms with Crippen molar-refractivity contribution in [3.8, 4) is 11.1 Å². The number of allylic oxidation sites excluding steroid dienone is 2. The van der Waals surface area contributed by atoms with Gasteiger partial charge in [-0.1, -0.05) is 90.5 Å². The molecule has 0 saturated heterocycles. The van der Waals surface area contributed by atoms with Gasteiger partial charge < -0.3 is 0 Å². The van der Waals surface area contributed by atoms with Gasteiger partial charge in [-0.25, -0.2) is 0 Å². The van der Waals surface area contributed by atoms with E-state index in [1.807, 2.05) is 0 Å². The molecular formula is C27H28. The predicted molar refractivity (Wildman–Crippen MR) is 117 cm³/mol. The van der Waals surface area contributed by atoms with Crippen molar-refractivity contribution in [1.82, 2.24) is 0 Å². The van der Waals surface area contributed by atoms with E-state index in [0.29, 0.717) is 0 Å². The van der Waals surface area contributed by atoms with Crippen molar-refractivity contribution in [1.29, 1.82) is 0 Å². The fourth-order valence-electron chi connectivity index (χ4n) is 4.05. The van der Waals surface area contributed by atoms with E-state index < -0.39 is 0 Å². The van der Waals surface area contributed by atoms with Gasteiger partial charge >= 0.3 is 0 Å². The number of rotatable bonds is 5. The van der Waals surface area contributed by atoms with Crippen LogP contribution in [0.15, 0.2) is 84.9 Å². The topological polar surface area (TPSA) is 0 Å². The minimum atomic E-state index is 0.828. The van der Waals surface area contributed by atoms with Crippen LogP contribution in [-0.2, 0) is 6.42 Å². The molecule has 0 aromatic heterocycles. The van der Waals surface area contributed by atoms with Gasteiger partial charge in [-0.2, -0.15) is 0 Å². The molecule has 0 N–H and O–H groups in total. The van der Waals surface area contributed by atoms with Crippen LogP contribution in [0.3, 0.4) is 0 Å². The summed E-state index contributed by atoms with van der Waals surface area (Å²) >= 11 is 0. The van der Waals surface area contributed by atoms with E-state index in [9.17, 15) is 0 Å². The van der Waals surface area contributed by atoms with Gasteiger partial charge in [-0.3, -0.25) is 0 Å². The Balaban J connectivity index is 1.32. The van der Waals surface area contributed by atoms with E-state index in [1.165, 1.54) is 65.5 Å². The summed E-state index contributed by atoms with van der Waals surface area (Å²) < 4.78 is 0. The molecule has 1 aliphatic carbocycles. The summed E-state index contributed by atoms with van der Waals surface area (Å²) in [4.78, 5) is 0. The first-order valence-electron chi connectivity index (χ1n) is 10.2. The van der Waals surface area contributed by atoms with Crippen LogP contribution in [0.5, 0.6) is 0 Å². The standard InChI is InChI=1S/C27H28/c1-21-7-15-25(16-8-21)27-19-13-23(14-20-27)10-9-22-11-17-26(18-12-22)24-5-3-2-4-6-24/h2-8,13-17,19-20,22H,9-12,18H2,1H3. The molecule has 0 fully saturated rings. The quantitative estimate of drug-likeness (QED) is 0.446. The molecule has 3 aromatic rings. The van der Waals surface area contributed by atoms with E-state index >= 15 is 0 Å². The summed E-state index contributed by atoms with van der Waals surface area (Å²) in [6.45, 7) is 2.14. The fourth-order valence-corrected chi connectivity index (χ4v) is 4.05. The minimum absolute atomic E-state index is 0.828. The molecule has 0 radical (unpaired) electrons. The molecular weight excluding hydrogens is 324 g/mol. The van der Waals surface area contributed by atoms with Crippen molar-refractivity contribution in [3.63, 3.8) is 0 Å². The average Bonchev–Trinajstić information content (AvgIpc) is 2.74. The van der Waals surface area contributed by atoms with Gasteiger partial charge in [0.1, 0.15) is 0 Å². The number of hydrogen-bond donors (Lipinski definition) is 0. The summed E-state index contributed by atoms with van der Waals surface area (Å²) in [5.41, 5.74) is 8.33. The summed E-state index contributed by atoms with van der Waals surface area (Å²) in [5.74, 6) is 0.828. The zero-order chi connectivity index (χ0) is 18.5. The monoisotopic (exact) mass is 352 g/mol. The predicted octanol–water partition coefficient (Wildman–Crippen LogP) is 7.48. The number of aryl methyl sites for hydroxylation is 2. The molecule has 0 heterocycles. The Morgan fingerprint density at radius 3 is 2.04 bits per heavy atom. The first-order valence-corrected chi connectivity index (χ1v) is 10.2. The number of benzene rings is 3. The van der Waals surface area contributed by atoms with Crippen molar-refractivity contribution in [3.05, 3.63) is 102 Å². The normalized spacial score (nSPS) is 16.8. The van der Waals surface area contributed by atoms with Crippen LogP contribution in [0.4, 0.5) is 0 Å². The van der Waals surface area contributed by atoms with Gasteiger partial charge in [0.15, 0.2) is 0 Å². The Bertz CT molecular complexity index is 883. The van der Waals surface area contributed by atoms with Crippen LogP contribution in [-0.4, -0.2) is 0 Å². The minimum Gasteiger partial charge on any atom is -0.0804 e. The third-order valence-corrected chi connectivity index (χ3v) is 5.84. The van der Waals surface area contributed by atoms with Gasteiger partial charge in [0.05, 0.1) is 0 Å². The second-order valence-corrected chi connectivity index (χ2v) is 7.84. The van der Waals surface area contributed by atoms with Crippen molar-refractivity contribution in [2.45, 2.75) is 39.0 Å². The van der Waals surface area contributed by atoms with E-state index in [1.54, 1.807) is 0 Å². The maximum Gasteiger partial charge on any atom is -0.0184 e. The van der Waals surface area contributed by atoms with Crippen LogP contribution in [0.1, 0.15) is 42.4 Å². The molecule has 0 aliphatic heterocycles. The van der Waals surface area contributed by atoms with Crippen LogP contribution >= 0.6 is 0 Å².